The number of aromatic nitrogens is 3. The number of benzene rings is 1. The molecule has 0 spiro atoms. The van der Waals surface area contributed by atoms with Crippen LogP contribution in [-0.4, -0.2) is 21.0 Å². The summed E-state index contributed by atoms with van der Waals surface area (Å²) < 4.78 is 18.4. The van der Waals surface area contributed by atoms with Crippen LogP contribution in [0, 0.1) is 11.7 Å². The molecule has 1 aliphatic rings. The summed E-state index contributed by atoms with van der Waals surface area (Å²) in [4.78, 5) is 20.7. The lowest BCUT2D eigenvalue weighted by molar-refractivity contribution is 0.0964. The number of nitrogens with zero attached hydrogens (tertiary/aromatic N) is 3. The van der Waals surface area contributed by atoms with Gasteiger partial charge < -0.3 is 9.84 Å². The second kappa shape index (κ2) is 7.97. The van der Waals surface area contributed by atoms with E-state index in [-0.39, 0.29) is 22.8 Å². The average Bonchev–Trinajstić information content (AvgIpc) is 3.19. The molecule has 0 aliphatic heterocycles. The van der Waals surface area contributed by atoms with E-state index in [0.717, 1.165) is 11.3 Å². The van der Waals surface area contributed by atoms with Gasteiger partial charge in [-0.3, -0.25) is 4.79 Å². The molecule has 0 bridgehead atoms. The summed E-state index contributed by atoms with van der Waals surface area (Å²) in [6, 6.07) is 9.13. The van der Waals surface area contributed by atoms with E-state index in [2.05, 4.69) is 20.4 Å². The monoisotopic (exact) mass is 410 g/mol. The first-order chi connectivity index (χ1) is 14.0. The Morgan fingerprint density at radius 3 is 2.76 bits per heavy atom. The lowest BCUT2D eigenvalue weighted by Crippen LogP contribution is -2.25. The Bertz CT molecular complexity index is 1120. The number of allylic oxidation sites excluding steroid dienone is 4. The zero-order valence-electron chi connectivity index (χ0n) is 15.4. The Morgan fingerprint density at radius 2 is 2.03 bits per heavy atom. The third kappa shape index (κ3) is 4.09. The van der Waals surface area contributed by atoms with Crippen LogP contribution in [0.4, 0.5) is 4.39 Å². The molecule has 29 heavy (non-hydrogen) atoms. The number of carbonyl (C=O) groups excluding carboxylic acids is 1. The van der Waals surface area contributed by atoms with Gasteiger partial charge in [0.05, 0.1) is 5.56 Å². The molecule has 1 unspecified atom stereocenters. The maximum absolute atomic E-state index is 13.1. The van der Waals surface area contributed by atoms with Crippen molar-refractivity contribution in [3.8, 4) is 11.5 Å². The van der Waals surface area contributed by atoms with E-state index in [4.69, 9.17) is 16.1 Å². The molecule has 4 rings (SSSR count). The summed E-state index contributed by atoms with van der Waals surface area (Å²) in [5, 5.41) is 7.07. The Hall–Kier alpha value is -3.32. The summed E-state index contributed by atoms with van der Waals surface area (Å²) in [6.45, 7) is 2.01. The van der Waals surface area contributed by atoms with Crippen LogP contribution in [0.3, 0.4) is 0 Å². The standard InChI is InChI=1S/C21H16ClFN4O2/c1-12-11-15(25-20(28)17-3-2-10-24-18(17)22)8-9-16(12)19-26-21(29-27-19)13-4-6-14(23)7-5-13/h2-10,12H,11H2,1H3,(H,25,28). The molecule has 6 nitrogen and oxygen atoms in total. The maximum atomic E-state index is 13.1. The molecule has 0 fully saturated rings. The van der Waals surface area contributed by atoms with Crippen LogP contribution in [0.2, 0.25) is 5.15 Å². The first kappa shape index (κ1) is 19.0. The maximum Gasteiger partial charge on any atom is 0.258 e. The molecule has 2 heterocycles. The SMILES string of the molecule is CC1CC(NC(=O)c2cccnc2Cl)=CC=C1c1noc(-c2ccc(F)cc2)n1. The minimum atomic E-state index is -0.329. The van der Waals surface area contributed by atoms with Crippen molar-refractivity contribution in [1.29, 1.82) is 0 Å². The van der Waals surface area contributed by atoms with Crippen molar-refractivity contribution in [3.63, 3.8) is 0 Å². The molecular weight excluding hydrogens is 395 g/mol. The normalized spacial score (nSPS) is 16.2. The van der Waals surface area contributed by atoms with Crippen molar-refractivity contribution in [3.05, 3.63) is 82.8 Å². The Balaban J connectivity index is 1.52. The fraction of sp³-hybridized carbons (Fsp3) is 0.143. The fourth-order valence-electron chi connectivity index (χ4n) is 3.07. The van der Waals surface area contributed by atoms with Gasteiger partial charge in [-0.05, 0) is 54.8 Å². The lowest BCUT2D eigenvalue weighted by Gasteiger charge is -2.20. The van der Waals surface area contributed by atoms with Crippen LogP contribution < -0.4 is 5.32 Å². The van der Waals surface area contributed by atoms with Crippen molar-refractivity contribution in [1.82, 2.24) is 20.4 Å². The highest BCUT2D eigenvalue weighted by Crippen LogP contribution is 2.31. The van der Waals surface area contributed by atoms with Gasteiger partial charge in [0.2, 0.25) is 0 Å². The topological polar surface area (TPSA) is 80.9 Å². The third-order valence-corrected chi connectivity index (χ3v) is 4.88. The largest absolute Gasteiger partial charge is 0.334 e. The van der Waals surface area contributed by atoms with E-state index in [1.807, 2.05) is 19.1 Å². The molecule has 2 aromatic heterocycles. The second-order valence-corrected chi connectivity index (χ2v) is 7.00. The minimum absolute atomic E-state index is 0.0540. The molecular formula is C21H16ClFN4O2. The predicted octanol–water partition coefficient (Wildman–Crippen LogP) is 4.66. The predicted molar refractivity (Wildman–Crippen MR) is 106 cm³/mol. The van der Waals surface area contributed by atoms with Gasteiger partial charge >= 0.3 is 0 Å². The molecule has 146 valence electrons. The van der Waals surface area contributed by atoms with Gasteiger partial charge in [0, 0.05) is 23.0 Å². The van der Waals surface area contributed by atoms with Crippen LogP contribution in [0.1, 0.15) is 29.5 Å². The summed E-state index contributed by atoms with van der Waals surface area (Å²) in [5.74, 6) is 0.204. The first-order valence-corrected chi connectivity index (χ1v) is 9.31. The Morgan fingerprint density at radius 1 is 1.24 bits per heavy atom. The van der Waals surface area contributed by atoms with Crippen LogP contribution >= 0.6 is 11.6 Å². The highest BCUT2D eigenvalue weighted by molar-refractivity contribution is 6.32. The van der Waals surface area contributed by atoms with E-state index >= 15 is 0 Å². The van der Waals surface area contributed by atoms with Crippen molar-refractivity contribution in [2.45, 2.75) is 13.3 Å². The van der Waals surface area contributed by atoms with E-state index in [1.54, 1.807) is 24.3 Å². The summed E-state index contributed by atoms with van der Waals surface area (Å²) in [7, 11) is 0. The van der Waals surface area contributed by atoms with E-state index in [0.29, 0.717) is 29.3 Å². The van der Waals surface area contributed by atoms with Crippen molar-refractivity contribution >= 4 is 23.1 Å². The van der Waals surface area contributed by atoms with Crippen molar-refractivity contribution in [2.75, 3.05) is 0 Å². The van der Waals surface area contributed by atoms with Gasteiger partial charge in [-0.1, -0.05) is 29.8 Å². The summed E-state index contributed by atoms with van der Waals surface area (Å²) in [5.41, 5.74) is 2.61. The number of carbonyl (C=O) groups is 1. The zero-order chi connectivity index (χ0) is 20.4. The van der Waals surface area contributed by atoms with Gasteiger partial charge in [-0.25, -0.2) is 9.37 Å². The molecule has 0 radical (unpaired) electrons. The number of halogens is 2. The first-order valence-electron chi connectivity index (χ1n) is 8.94. The molecule has 0 saturated heterocycles. The lowest BCUT2D eigenvalue weighted by atomic mass is 9.90. The molecule has 3 aromatic rings. The third-order valence-electron chi connectivity index (χ3n) is 4.57. The highest BCUT2D eigenvalue weighted by atomic mass is 35.5. The molecule has 1 aromatic carbocycles. The number of hydrogen-bond acceptors (Lipinski definition) is 5. The Kier molecular flexibility index (Phi) is 5.22. The molecule has 0 saturated carbocycles. The second-order valence-electron chi connectivity index (χ2n) is 6.65. The smallest absolute Gasteiger partial charge is 0.258 e. The Labute approximate surface area is 171 Å². The van der Waals surface area contributed by atoms with E-state index in [9.17, 15) is 9.18 Å². The van der Waals surface area contributed by atoms with E-state index < -0.39 is 0 Å². The van der Waals surface area contributed by atoms with Crippen LogP contribution in [0.5, 0.6) is 0 Å². The number of nitrogens with one attached hydrogen (secondary N) is 1. The van der Waals surface area contributed by atoms with Gasteiger partial charge in [0.15, 0.2) is 5.82 Å². The fourth-order valence-corrected chi connectivity index (χ4v) is 3.27. The number of amides is 1. The van der Waals surface area contributed by atoms with Crippen LogP contribution in [-0.2, 0) is 0 Å². The van der Waals surface area contributed by atoms with Gasteiger partial charge in [-0.2, -0.15) is 4.98 Å². The summed E-state index contributed by atoms with van der Waals surface area (Å²) in [6.07, 6.45) is 5.79. The summed E-state index contributed by atoms with van der Waals surface area (Å²) >= 11 is 5.98. The van der Waals surface area contributed by atoms with Gasteiger partial charge in [0.1, 0.15) is 11.0 Å². The van der Waals surface area contributed by atoms with Crippen molar-refractivity contribution in [2.24, 2.45) is 5.92 Å². The quantitative estimate of drug-likeness (QED) is 0.632. The number of hydrogen-bond donors (Lipinski definition) is 1. The molecule has 1 atom stereocenters. The molecule has 1 aliphatic carbocycles. The van der Waals surface area contributed by atoms with Crippen LogP contribution in [0.25, 0.3) is 17.0 Å². The van der Waals surface area contributed by atoms with Crippen molar-refractivity contribution < 1.29 is 13.7 Å². The number of pyridine rings is 1. The van der Waals surface area contributed by atoms with Crippen LogP contribution in [0.15, 0.2) is 65.0 Å². The molecule has 1 N–H and O–H groups in total. The van der Waals surface area contributed by atoms with Gasteiger partial charge in [0.25, 0.3) is 11.8 Å². The highest BCUT2D eigenvalue weighted by Gasteiger charge is 2.23. The van der Waals surface area contributed by atoms with E-state index in [1.165, 1.54) is 18.3 Å². The molecule has 8 heteroatoms. The molecule has 1 amide bonds. The zero-order valence-corrected chi connectivity index (χ0v) is 16.2. The van der Waals surface area contributed by atoms with Gasteiger partial charge in [-0.15, -0.1) is 0 Å². The average molecular weight is 411 g/mol. The number of rotatable bonds is 4. The minimum Gasteiger partial charge on any atom is -0.334 e.